The number of aromatic nitrogens is 3. The number of benzene rings is 3. The molecule has 3 saturated heterocycles. The number of halogens is 9. The van der Waals surface area contributed by atoms with Crippen molar-refractivity contribution in [3.8, 4) is 0 Å². The largest absolute Gasteiger partial charge is 0.481 e. The molecule has 0 aliphatic carbocycles. The number of methoxy groups -OCH3 is 2. The molecule has 15 nitrogen and oxygen atoms in total. The van der Waals surface area contributed by atoms with Crippen LogP contribution in [0.25, 0.3) is 32.7 Å². The number of carboxylic acid groups (broad SMARTS) is 1. The first-order valence-electron chi connectivity index (χ1n) is 28.8. The molecule has 472 valence electrons. The van der Waals surface area contributed by atoms with Crippen molar-refractivity contribution in [3.63, 3.8) is 0 Å². The zero-order valence-electron chi connectivity index (χ0n) is 49.9. The van der Waals surface area contributed by atoms with Gasteiger partial charge >= 0.3 is 42.5 Å². The maximum atomic E-state index is 13.5. The molecule has 3 fully saturated rings. The number of hydrogen-bond donors (Lipinski definition) is 1. The van der Waals surface area contributed by atoms with Gasteiger partial charge in [-0.2, -0.15) is 39.5 Å². The first kappa shape index (κ1) is 66.9. The number of carbonyl (C=O) groups is 4. The molecule has 3 aromatic heterocycles. The lowest BCUT2D eigenvalue weighted by molar-refractivity contribution is -0.143. The molecule has 0 bridgehead atoms. The molecular weight excluding hydrogens is 1150 g/mol. The third-order valence-electron chi connectivity index (χ3n) is 15.7. The zero-order chi connectivity index (χ0) is 63.8. The highest BCUT2D eigenvalue weighted by Gasteiger charge is 2.40. The molecule has 1 amide bonds. The van der Waals surface area contributed by atoms with Gasteiger partial charge < -0.3 is 34.0 Å². The number of ether oxygens (including phenoxy) is 3. The van der Waals surface area contributed by atoms with Crippen molar-refractivity contribution in [2.75, 3.05) is 74.7 Å². The lowest BCUT2D eigenvalue weighted by Gasteiger charge is -2.43. The molecule has 6 heterocycles. The van der Waals surface area contributed by atoms with Crippen LogP contribution >= 0.6 is 0 Å². The summed E-state index contributed by atoms with van der Waals surface area (Å²) in [5, 5.41) is 10.3. The minimum Gasteiger partial charge on any atom is -0.481 e. The molecule has 3 aromatic carbocycles. The predicted molar refractivity (Wildman–Crippen MR) is 312 cm³/mol. The Kier molecular flexibility index (Phi) is 21.5. The highest BCUT2D eigenvalue weighted by atomic mass is 19.4. The molecule has 24 heteroatoms. The molecule has 0 spiro atoms. The molecule has 3 aliphatic rings. The number of nitrogens with zero attached hydrogens (tertiary/aromatic N) is 7. The summed E-state index contributed by atoms with van der Waals surface area (Å²) in [6.45, 7) is 14.9. The van der Waals surface area contributed by atoms with Gasteiger partial charge in [0.05, 0.1) is 53.5 Å². The van der Waals surface area contributed by atoms with Crippen LogP contribution < -0.4 is 14.7 Å². The quantitative estimate of drug-likeness (QED) is 0.0698. The number of alkyl halides is 9. The van der Waals surface area contributed by atoms with Gasteiger partial charge in [-0.05, 0) is 155 Å². The standard InChI is InChI=1S/C24H30F3N3O4.C20H23F3N2O2.C19H21F3N2O2/c1-15-11-16(30(14-20(31)33-5)22(32)34-23(2,3)4)13-29(12-15)19-9-8-18(24(25,26)27)21-17(19)7-6-10-28-21;1-13-10-14(5-8-18(26)27-2)12-25(11-13)17-7-6-16(20(21,22)23)19-15(17)4-3-9-24-19;1-12-9-13(4-7-17(25)26)11-24(10-12)16-6-5-15(19(20,21)22)18-14(16)3-2-8-23-18/h6-10,15-16H,11-14H2,1-5H3;3-4,6-7,9,13-14H,5,8,10-12H2,1-2H3;2-3,5-6,8,12-13H,4,7,9-11H2,1H3,(H,25,26)/t15-,16+;13-,14+;12-,13+/m000/s1. The van der Waals surface area contributed by atoms with Crippen molar-refractivity contribution in [1.82, 2.24) is 19.9 Å². The van der Waals surface area contributed by atoms with Gasteiger partial charge in [-0.25, -0.2) is 4.79 Å². The average Bonchev–Trinajstić information content (AvgIpc) is 1.14. The van der Waals surface area contributed by atoms with Gasteiger partial charge in [0, 0.05) is 104 Å². The van der Waals surface area contributed by atoms with E-state index in [1.807, 2.05) is 11.8 Å². The van der Waals surface area contributed by atoms with Crippen LogP contribution in [-0.4, -0.2) is 121 Å². The third-order valence-corrected chi connectivity index (χ3v) is 15.7. The van der Waals surface area contributed by atoms with Gasteiger partial charge in [0.25, 0.3) is 0 Å². The van der Waals surface area contributed by atoms with E-state index in [9.17, 15) is 58.7 Å². The summed E-state index contributed by atoms with van der Waals surface area (Å²) in [7, 11) is 2.62. The second-order valence-corrected chi connectivity index (χ2v) is 23.9. The number of carbonyl (C=O) groups excluding carboxylic acids is 3. The molecule has 87 heavy (non-hydrogen) atoms. The monoisotopic (exact) mass is 1230 g/mol. The van der Waals surface area contributed by atoms with E-state index in [4.69, 9.17) is 19.3 Å². The summed E-state index contributed by atoms with van der Waals surface area (Å²) in [5.41, 5.74) is -1.11. The summed E-state index contributed by atoms with van der Waals surface area (Å²) in [4.78, 5) is 66.8. The normalized spacial score (nSPS) is 20.2. The van der Waals surface area contributed by atoms with Crippen LogP contribution in [0.1, 0.15) is 103 Å². The molecule has 9 rings (SSSR count). The maximum absolute atomic E-state index is 13.5. The van der Waals surface area contributed by atoms with E-state index < -0.39 is 64.9 Å². The van der Waals surface area contributed by atoms with E-state index in [1.54, 1.807) is 63.2 Å². The van der Waals surface area contributed by atoms with Crippen LogP contribution in [0.5, 0.6) is 0 Å². The number of piperidine rings is 3. The number of hydrogen-bond acceptors (Lipinski definition) is 13. The molecular formula is C63H74F9N7O8. The van der Waals surface area contributed by atoms with Crippen LogP contribution in [0, 0.1) is 29.6 Å². The van der Waals surface area contributed by atoms with Crippen LogP contribution in [0.2, 0.25) is 0 Å². The number of fused-ring (bicyclic) bond motifs is 3. The van der Waals surface area contributed by atoms with Crippen molar-refractivity contribution in [1.29, 1.82) is 0 Å². The summed E-state index contributed by atoms with van der Waals surface area (Å²) in [5.74, 6) is -0.309. The molecule has 3 aliphatic heterocycles. The van der Waals surface area contributed by atoms with Gasteiger partial charge in [-0.3, -0.25) is 34.2 Å². The Labute approximate surface area is 499 Å². The van der Waals surface area contributed by atoms with Crippen molar-refractivity contribution >= 4 is 73.8 Å². The number of anilines is 3. The molecule has 6 atom stereocenters. The van der Waals surface area contributed by atoms with Crippen LogP contribution in [0.4, 0.5) is 61.4 Å². The van der Waals surface area contributed by atoms with E-state index in [0.717, 1.165) is 55.5 Å². The van der Waals surface area contributed by atoms with Crippen LogP contribution in [-0.2, 0) is 47.1 Å². The Morgan fingerprint density at radius 3 is 1.25 bits per heavy atom. The summed E-state index contributed by atoms with van der Waals surface area (Å²) in [6, 6.07) is 17.2. The third kappa shape index (κ3) is 17.5. The van der Waals surface area contributed by atoms with E-state index >= 15 is 0 Å². The molecule has 0 unspecified atom stereocenters. The Hall–Kier alpha value is -7.66. The second-order valence-electron chi connectivity index (χ2n) is 23.9. The van der Waals surface area contributed by atoms with E-state index in [-0.39, 0.29) is 47.3 Å². The minimum absolute atomic E-state index is 0.0214. The van der Waals surface area contributed by atoms with E-state index in [1.165, 1.54) is 49.8 Å². The number of carboxylic acids is 1. The van der Waals surface area contributed by atoms with Crippen LogP contribution in [0.15, 0.2) is 91.4 Å². The second kappa shape index (κ2) is 28.0. The minimum atomic E-state index is -4.53. The fourth-order valence-corrected chi connectivity index (χ4v) is 12.1. The Morgan fingerprint density at radius 2 is 0.897 bits per heavy atom. The van der Waals surface area contributed by atoms with Gasteiger partial charge in [0.1, 0.15) is 12.1 Å². The fourth-order valence-electron chi connectivity index (χ4n) is 12.1. The SMILES string of the molecule is COC(=O)CC[C@@H]1C[C@H](C)CN(c2ccc(C(F)(F)F)c3ncccc23)C1.COC(=O)CN(C(=O)OC(C)(C)C)[C@@H]1C[C@H](C)CN(c2ccc(C(F)(F)F)c3ncccc23)C1.C[C@H]1C[C@@H](CCC(=O)O)CN(c2ccc(C(F)(F)F)c3ncccc23)C1. The van der Waals surface area contributed by atoms with Gasteiger partial charge in [-0.15, -0.1) is 0 Å². The van der Waals surface area contributed by atoms with Crippen molar-refractivity contribution in [2.45, 2.75) is 117 Å². The lowest BCUT2D eigenvalue weighted by atomic mass is 9.86. The summed E-state index contributed by atoms with van der Waals surface area (Å²) in [6.07, 6.45) is -5.69. The van der Waals surface area contributed by atoms with Crippen molar-refractivity contribution in [3.05, 3.63) is 108 Å². The molecule has 0 saturated carbocycles. The highest BCUT2D eigenvalue weighted by Crippen LogP contribution is 2.43. The fraction of sp³-hybridized carbons (Fsp3) is 0.508. The van der Waals surface area contributed by atoms with E-state index in [0.29, 0.717) is 91.5 Å². The van der Waals surface area contributed by atoms with Crippen molar-refractivity contribution < 1.29 is 78.0 Å². The number of esters is 2. The molecule has 1 N–H and O–H groups in total. The number of pyridine rings is 3. The first-order chi connectivity index (χ1) is 40.8. The molecule has 0 radical (unpaired) electrons. The lowest BCUT2D eigenvalue weighted by Crippen LogP contribution is -2.55. The van der Waals surface area contributed by atoms with Crippen molar-refractivity contribution in [2.24, 2.45) is 29.6 Å². The Balaban J connectivity index is 0.000000189. The smallest absolute Gasteiger partial charge is 0.418 e. The van der Waals surface area contributed by atoms with Gasteiger partial charge in [0.2, 0.25) is 0 Å². The average molecular weight is 1230 g/mol. The van der Waals surface area contributed by atoms with E-state index in [2.05, 4.69) is 38.6 Å². The Morgan fingerprint density at radius 1 is 0.529 bits per heavy atom. The van der Waals surface area contributed by atoms with Crippen LogP contribution in [0.3, 0.4) is 0 Å². The maximum Gasteiger partial charge on any atom is 0.418 e. The summed E-state index contributed by atoms with van der Waals surface area (Å²) >= 11 is 0. The summed E-state index contributed by atoms with van der Waals surface area (Å²) < 4.78 is 135. The zero-order valence-corrected chi connectivity index (χ0v) is 49.9. The van der Waals surface area contributed by atoms with Gasteiger partial charge in [-0.1, -0.05) is 20.8 Å². The predicted octanol–water partition coefficient (Wildman–Crippen LogP) is 14.1. The first-order valence-corrected chi connectivity index (χ1v) is 28.8. The number of aliphatic carboxylic acids is 1. The highest BCUT2D eigenvalue weighted by molar-refractivity contribution is 5.96. The topological polar surface area (TPSA) is 168 Å². The van der Waals surface area contributed by atoms with Gasteiger partial charge in [0.15, 0.2) is 0 Å². The number of amides is 1. The number of rotatable bonds is 12. The Bertz CT molecular complexity index is 3380. The molecule has 6 aromatic rings.